The first kappa shape index (κ1) is 9.78. The molecule has 0 aromatic rings. The maximum Gasteiger partial charge on any atom is 0.326 e. The van der Waals surface area contributed by atoms with Gasteiger partial charge in [0.2, 0.25) is 0 Å². The zero-order chi connectivity index (χ0) is 8.81. The second-order valence-corrected chi connectivity index (χ2v) is 5.02. The summed E-state index contributed by atoms with van der Waals surface area (Å²) in [6, 6.07) is 0. The highest BCUT2D eigenvalue weighted by molar-refractivity contribution is 7.99. The van der Waals surface area contributed by atoms with Crippen molar-refractivity contribution in [2.24, 2.45) is 0 Å². The van der Waals surface area contributed by atoms with Crippen LogP contribution in [0.15, 0.2) is 11.4 Å². The molecule has 0 aliphatic carbocycles. The van der Waals surface area contributed by atoms with E-state index in [0.29, 0.717) is 6.61 Å². The molecule has 0 aromatic carbocycles. The average molecular weight is 189 g/mol. The van der Waals surface area contributed by atoms with Gasteiger partial charge in [-0.1, -0.05) is 0 Å². The Hall–Kier alpha value is -0.310. The second-order valence-electron chi connectivity index (χ2n) is 2.90. The molecule has 0 atom stereocenters. The van der Waals surface area contributed by atoms with Gasteiger partial charge in [-0.15, -0.1) is 0 Å². The average Bonchev–Trinajstić information content (AvgIpc) is 2.06. The zero-order valence-electron chi connectivity index (χ0n) is 7.58. The van der Waals surface area contributed by atoms with Gasteiger partial charge in [0, 0.05) is 10.9 Å². The van der Waals surface area contributed by atoms with Crippen LogP contribution in [0.5, 0.6) is 0 Å². The molecule has 1 saturated heterocycles. The minimum Gasteiger partial charge on any atom is -0.478 e. The van der Waals surface area contributed by atoms with Crippen LogP contribution in [0.2, 0.25) is 0 Å². The minimum atomic E-state index is 0.128. The molecule has 1 fully saturated rings. The van der Waals surface area contributed by atoms with E-state index in [9.17, 15) is 5.11 Å². The highest BCUT2D eigenvalue weighted by Crippen LogP contribution is 2.15. The Balaban J connectivity index is 2.31. The molecule has 0 radical (unpaired) electrons. The summed E-state index contributed by atoms with van der Waals surface area (Å²) in [5.74, 6) is 2.59. The van der Waals surface area contributed by atoms with E-state index in [1.165, 1.54) is 30.8 Å². The van der Waals surface area contributed by atoms with Gasteiger partial charge in [-0.2, -0.15) is 0 Å². The molecule has 3 heteroatoms. The molecule has 0 bridgehead atoms. The first-order chi connectivity index (χ1) is 5.83. The predicted molar refractivity (Wildman–Crippen MR) is 53.3 cm³/mol. The standard InChI is InChI=1S/C9H16O2S/c1-2-11-9(10)8-12-6-4-3-5-7-12/h8H,2-7H2,1H3/p+1/b9-8-. The van der Waals surface area contributed by atoms with Crippen molar-refractivity contribution in [3.8, 4) is 0 Å². The Morgan fingerprint density at radius 1 is 1.42 bits per heavy atom. The van der Waals surface area contributed by atoms with Gasteiger partial charge in [0.25, 0.3) is 0 Å². The second kappa shape index (κ2) is 5.36. The lowest BCUT2D eigenvalue weighted by molar-refractivity contribution is 0.104. The van der Waals surface area contributed by atoms with E-state index >= 15 is 0 Å². The minimum absolute atomic E-state index is 0.128. The molecule has 0 spiro atoms. The summed E-state index contributed by atoms with van der Waals surface area (Å²) in [6.07, 6.45) is 3.96. The van der Waals surface area contributed by atoms with Gasteiger partial charge in [-0.25, -0.2) is 0 Å². The molecular formula is C9H17O2S+. The summed E-state index contributed by atoms with van der Waals surface area (Å²) in [4.78, 5) is 0. The first-order valence-corrected chi connectivity index (χ1v) is 6.15. The van der Waals surface area contributed by atoms with Crippen molar-refractivity contribution in [1.29, 1.82) is 0 Å². The molecule has 12 heavy (non-hydrogen) atoms. The Morgan fingerprint density at radius 3 is 2.67 bits per heavy atom. The number of aliphatic hydroxyl groups excluding tert-OH is 1. The topological polar surface area (TPSA) is 29.5 Å². The Kier molecular flexibility index (Phi) is 4.36. The fourth-order valence-corrected chi connectivity index (χ4v) is 3.24. The molecule has 0 unspecified atom stereocenters. The van der Waals surface area contributed by atoms with Gasteiger partial charge in [0.15, 0.2) is 5.41 Å². The number of rotatable bonds is 3. The van der Waals surface area contributed by atoms with Crippen molar-refractivity contribution in [3.05, 3.63) is 11.4 Å². The third-order valence-corrected chi connectivity index (χ3v) is 4.03. The lowest BCUT2D eigenvalue weighted by Crippen LogP contribution is -2.15. The summed E-state index contributed by atoms with van der Waals surface area (Å²) < 4.78 is 4.97. The maximum absolute atomic E-state index is 9.25. The van der Waals surface area contributed by atoms with Crippen LogP contribution < -0.4 is 0 Å². The van der Waals surface area contributed by atoms with Gasteiger partial charge in [-0.05, 0) is 26.2 Å². The molecule has 1 N–H and O–H groups in total. The van der Waals surface area contributed by atoms with Crippen molar-refractivity contribution in [2.45, 2.75) is 26.2 Å². The fourth-order valence-electron chi connectivity index (χ4n) is 1.30. The van der Waals surface area contributed by atoms with E-state index in [4.69, 9.17) is 4.74 Å². The molecular weight excluding hydrogens is 172 g/mol. The summed E-state index contributed by atoms with van der Waals surface area (Å²) >= 11 is 0. The highest BCUT2D eigenvalue weighted by Gasteiger charge is 2.20. The lowest BCUT2D eigenvalue weighted by atomic mass is 10.3. The van der Waals surface area contributed by atoms with Crippen molar-refractivity contribution < 1.29 is 9.84 Å². The normalized spacial score (nSPS) is 20.9. The van der Waals surface area contributed by atoms with Crippen LogP contribution in [-0.2, 0) is 15.6 Å². The third kappa shape index (κ3) is 3.39. The molecule has 1 aliphatic heterocycles. The van der Waals surface area contributed by atoms with E-state index in [1.54, 1.807) is 0 Å². The zero-order valence-corrected chi connectivity index (χ0v) is 8.40. The molecule has 2 nitrogen and oxygen atoms in total. The predicted octanol–water partition coefficient (Wildman–Crippen LogP) is 2.18. The van der Waals surface area contributed by atoms with E-state index in [-0.39, 0.29) is 16.8 Å². The Morgan fingerprint density at radius 2 is 2.08 bits per heavy atom. The Bertz CT molecular complexity index is 151. The van der Waals surface area contributed by atoms with E-state index < -0.39 is 0 Å². The molecule has 1 aliphatic rings. The van der Waals surface area contributed by atoms with Gasteiger partial charge < -0.3 is 9.84 Å². The quantitative estimate of drug-likeness (QED) is 0.544. The Labute approximate surface area is 77.0 Å². The lowest BCUT2D eigenvalue weighted by Gasteiger charge is -2.09. The summed E-state index contributed by atoms with van der Waals surface area (Å²) in [5, 5.41) is 11.1. The van der Waals surface area contributed by atoms with E-state index in [2.05, 4.69) is 0 Å². The molecule has 0 saturated carbocycles. The van der Waals surface area contributed by atoms with Crippen molar-refractivity contribution in [2.75, 3.05) is 18.1 Å². The van der Waals surface area contributed by atoms with Gasteiger partial charge in [0.05, 0.1) is 6.61 Å². The van der Waals surface area contributed by atoms with Crippen molar-refractivity contribution in [3.63, 3.8) is 0 Å². The molecule has 1 rings (SSSR count). The van der Waals surface area contributed by atoms with Crippen LogP contribution in [0.3, 0.4) is 0 Å². The number of hydrogen-bond acceptors (Lipinski definition) is 2. The molecule has 0 aromatic heterocycles. The van der Waals surface area contributed by atoms with Crippen LogP contribution in [-0.4, -0.2) is 23.2 Å². The SMILES string of the molecule is CCO/C(O)=C\[S+]1CCCCC1. The maximum atomic E-state index is 9.25. The molecule has 70 valence electrons. The first-order valence-electron chi connectivity index (χ1n) is 4.53. The molecule has 0 amide bonds. The van der Waals surface area contributed by atoms with Crippen LogP contribution in [0.4, 0.5) is 0 Å². The van der Waals surface area contributed by atoms with E-state index in [1.807, 2.05) is 12.3 Å². The monoisotopic (exact) mass is 189 g/mol. The highest BCUT2D eigenvalue weighted by atomic mass is 32.2. The van der Waals surface area contributed by atoms with Crippen LogP contribution >= 0.6 is 0 Å². The van der Waals surface area contributed by atoms with Gasteiger partial charge in [-0.3, -0.25) is 0 Å². The van der Waals surface area contributed by atoms with Crippen molar-refractivity contribution >= 4 is 10.9 Å². The summed E-state index contributed by atoms with van der Waals surface area (Å²) in [5.41, 5.74) is 0. The van der Waals surface area contributed by atoms with Crippen LogP contribution in [0.1, 0.15) is 26.2 Å². The summed E-state index contributed by atoms with van der Waals surface area (Å²) in [6.45, 7) is 2.44. The fraction of sp³-hybridized carbons (Fsp3) is 0.778. The van der Waals surface area contributed by atoms with Gasteiger partial charge >= 0.3 is 5.95 Å². The van der Waals surface area contributed by atoms with Gasteiger partial charge in [0.1, 0.15) is 11.5 Å². The number of hydrogen-bond donors (Lipinski definition) is 1. The van der Waals surface area contributed by atoms with Crippen LogP contribution in [0.25, 0.3) is 0 Å². The number of ether oxygens (including phenoxy) is 1. The largest absolute Gasteiger partial charge is 0.478 e. The third-order valence-electron chi connectivity index (χ3n) is 1.87. The smallest absolute Gasteiger partial charge is 0.326 e. The van der Waals surface area contributed by atoms with Crippen molar-refractivity contribution in [1.82, 2.24) is 0 Å². The van der Waals surface area contributed by atoms with Crippen LogP contribution in [0, 0.1) is 0 Å². The molecule has 1 heterocycles. The van der Waals surface area contributed by atoms with E-state index in [0.717, 1.165) is 0 Å². The number of aliphatic hydroxyl groups is 1. The summed E-state index contributed by atoms with van der Waals surface area (Å²) in [7, 11) is 0.287.